The highest BCUT2D eigenvalue weighted by Gasteiger charge is 2.26. The summed E-state index contributed by atoms with van der Waals surface area (Å²) < 4.78 is 6.08. The Bertz CT molecular complexity index is 892. The molecule has 1 aromatic carbocycles. The number of aliphatic hydroxyl groups is 1. The van der Waals surface area contributed by atoms with Gasteiger partial charge in [0.25, 0.3) is 0 Å². The molecule has 1 fully saturated rings. The Morgan fingerprint density at radius 2 is 2.04 bits per heavy atom. The molecule has 28 heavy (non-hydrogen) atoms. The largest absolute Gasteiger partial charge is 0.488 e. The van der Waals surface area contributed by atoms with Crippen LogP contribution in [0.15, 0.2) is 35.2 Å². The van der Waals surface area contributed by atoms with Crippen LogP contribution in [0.4, 0.5) is 0 Å². The Morgan fingerprint density at radius 1 is 1.21 bits per heavy atom. The summed E-state index contributed by atoms with van der Waals surface area (Å²) in [5.74, 6) is 0.0143. The minimum Gasteiger partial charge on any atom is -0.488 e. The average Bonchev–Trinajstić information content (AvgIpc) is 3.09. The molecule has 1 saturated heterocycles. The highest BCUT2D eigenvalue weighted by Crippen LogP contribution is 2.43. The maximum absolute atomic E-state index is 11.2. The first-order valence-electron chi connectivity index (χ1n) is 9.75. The summed E-state index contributed by atoms with van der Waals surface area (Å²) in [6, 6.07) is 7.90. The van der Waals surface area contributed by atoms with Crippen molar-refractivity contribution in [3.05, 3.63) is 56.8 Å². The number of rotatable bonds is 5. The van der Waals surface area contributed by atoms with Gasteiger partial charge in [-0.05, 0) is 48.4 Å². The summed E-state index contributed by atoms with van der Waals surface area (Å²) in [5.41, 5.74) is 5.69. The van der Waals surface area contributed by atoms with E-state index < -0.39 is 5.97 Å². The highest BCUT2D eigenvalue weighted by atomic mass is 32.1. The van der Waals surface area contributed by atoms with Crippen LogP contribution in [0.5, 0.6) is 5.75 Å². The smallest absolute Gasteiger partial charge is 0.307 e. The lowest BCUT2D eigenvalue weighted by molar-refractivity contribution is -0.136. The SMILES string of the molecule is O=C(O)Cc1ccc2c(c1)C(=C1CCN(CCCO)CC1)c1sccc1CO2. The minimum absolute atomic E-state index is 0.0160. The average molecular weight is 400 g/mol. The fraction of sp³-hybridized carbons (Fsp3) is 0.409. The van der Waals surface area contributed by atoms with E-state index >= 15 is 0 Å². The lowest BCUT2D eigenvalue weighted by atomic mass is 9.89. The molecule has 2 aromatic rings. The molecule has 0 amide bonds. The number of carbonyl (C=O) groups is 1. The second kappa shape index (κ2) is 8.47. The van der Waals surface area contributed by atoms with Gasteiger partial charge in [0.1, 0.15) is 12.4 Å². The number of aliphatic carboxylic acids is 1. The van der Waals surface area contributed by atoms with Gasteiger partial charge in [0.15, 0.2) is 0 Å². The quantitative estimate of drug-likeness (QED) is 0.805. The Labute approximate surface area is 168 Å². The molecule has 0 radical (unpaired) electrons. The van der Waals surface area contributed by atoms with E-state index in [4.69, 9.17) is 9.84 Å². The van der Waals surface area contributed by atoms with Crippen molar-refractivity contribution in [3.8, 4) is 5.75 Å². The molecule has 0 atom stereocenters. The number of carboxylic acids is 1. The summed E-state index contributed by atoms with van der Waals surface area (Å²) in [7, 11) is 0. The van der Waals surface area contributed by atoms with Crippen LogP contribution in [0.2, 0.25) is 0 Å². The molecular weight excluding hydrogens is 374 g/mol. The van der Waals surface area contributed by atoms with Gasteiger partial charge in [-0.3, -0.25) is 4.79 Å². The molecular formula is C22H25NO4S. The predicted molar refractivity (Wildman–Crippen MR) is 110 cm³/mol. The summed E-state index contributed by atoms with van der Waals surface area (Å²) >= 11 is 1.74. The van der Waals surface area contributed by atoms with Gasteiger partial charge in [-0.25, -0.2) is 0 Å². The number of piperidine rings is 1. The van der Waals surface area contributed by atoms with Crippen molar-refractivity contribution in [1.29, 1.82) is 0 Å². The van der Waals surface area contributed by atoms with Crippen LogP contribution in [0.3, 0.4) is 0 Å². The van der Waals surface area contributed by atoms with E-state index in [-0.39, 0.29) is 13.0 Å². The number of ether oxygens (including phenoxy) is 1. The third-order valence-corrected chi connectivity index (χ3v) is 6.45. The molecule has 0 aliphatic carbocycles. The van der Waals surface area contributed by atoms with Gasteiger partial charge >= 0.3 is 5.97 Å². The molecule has 6 heteroatoms. The number of hydrogen-bond acceptors (Lipinski definition) is 5. The molecule has 0 saturated carbocycles. The van der Waals surface area contributed by atoms with Crippen LogP contribution in [-0.2, 0) is 17.8 Å². The second-order valence-corrected chi connectivity index (χ2v) is 8.28. The molecule has 3 heterocycles. The molecule has 1 aromatic heterocycles. The maximum atomic E-state index is 11.2. The zero-order chi connectivity index (χ0) is 19.5. The highest BCUT2D eigenvalue weighted by molar-refractivity contribution is 7.11. The molecule has 0 unspecified atom stereocenters. The van der Waals surface area contributed by atoms with E-state index in [0.717, 1.165) is 55.8 Å². The number of hydrogen-bond donors (Lipinski definition) is 2. The number of thiophene rings is 1. The standard InChI is InChI=1S/C22H25NO4S/c24-10-1-7-23-8-4-16(5-9-23)21-18-12-15(13-20(25)26)2-3-19(18)27-14-17-6-11-28-22(17)21/h2-3,6,11-12,24H,1,4-5,7-10,13-14H2,(H,25,26). The lowest BCUT2D eigenvalue weighted by Crippen LogP contribution is -2.32. The summed E-state index contributed by atoms with van der Waals surface area (Å²) in [6.45, 7) is 3.70. The van der Waals surface area contributed by atoms with Gasteiger partial charge in [-0.1, -0.05) is 11.6 Å². The van der Waals surface area contributed by atoms with Crippen LogP contribution < -0.4 is 4.74 Å². The van der Waals surface area contributed by atoms with Crippen molar-refractivity contribution in [2.75, 3.05) is 26.2 Å². The molecule has 148 valence electrons. The van der Waals surface area contributed by atoms with Gasteiger partial charge in [0, 0.05) is 47.8 Å². The minimum atomic E-state index is -0.822. The van der Waals surface area contributed by atoms with Crippen LogP contribution in [0.25, 0.3) is 5.57 Å². The first-order chi connectivity index (χ1) is 13.7. The van der Waals surface area contributed by atoms with Gasteiger partial charge < -0.3 is 19.8 Å². The normalized spacial score (nSPS) is 16.9. The summed E-state index contributed by atoms with van der Waals surface area (Å²) in [6.07, 6.45) is 2.81. The topological polar surface area (TPSA) is 70.0 Å². The molecule has 2 N–H and O–H groups in total. The van der Waals surface area contributed by atoms with E-state index in [1.54, 1.807) is 11.3 Å². The van der Waals surface area contributed by atoms with Gasteiger partial charge in [0.05, 0.1) is 6.42 Å². The molecule has 2 aliphatic rings. The van der Waals surface area contributed by atoms with Crippen molar-refractivity contribution in [2.24, 2.45) is 0 Å². The van der Waals surface area contributed by atoms with Crippen LogP contribution in [0.1, 0.15) is 40.8 Å². The fourth-order valence-corrected chi connectivity index (χ4v) is 5.09. The van der Waals surface area contributed by atoms with E-state index in [0.29, 0.717) is 6.61 Å². The maximum Gasteiger partial charge on any atom is 0.307 e. The number of nitrogens with zero attached hydrogens (tertiary/aromatic N) is 1. The van der Waals surface area contributed by atoms with E-state index in [9.17, 15) is 9.90 Å². The van der Waals surface area contributed by atoms with E-state index in [2.05, 4.69) is 16.3 Å². The van der Waals surface area contributed by atoms with Gasteiger partial charge in [-0.15, -0.1) is 11.3 Å². The third-order valence-electron chi connectivity index (χ3n) is 5.47. The third kappa shape index (κ3) is 3.99. The van der Waals surface area contributed by atoms with E-state index in [1.807, 2.05) is 18.2 Å². The fourth-order valence-electron chi connectivity index (χ4n) is 4.07. The van der Waals surface area contributed by atoms with Crippen LogP contribution in [-0.4, -0.2) is 47.3 Å². The molecule has 4 rings (SSSR count). The van der Waals surface area contributed by atoms with Crippen LogP contribution >= 0.6 is 11.3 Å². The number of carboxylic acid groups (broad SMARTS) is 1. The van der Waals surface area contributed by atoms with Gasteiger partial charge in [-0.2, -0.15) is 0 Å². The molecule has 0 spiro atoms. The Morgan fingerprint density at radius 3 is 2.79 bits per heavy atom. The summed E-state index contributed by atoms with van der Waals surface area (Å²) in [5, 5.41) is 20.4. The number of benzene rings is 1. The van der Waals surface area contributed by atoms with Crippen molar-refractivity contribution in [1.82, 2.24) is 4.90 Å². The molecule has 5 nitrogen and oxygen atoms in total. The number of aliphatic hydroxyl groups excluding tert-OH is 1. The predicted octanol–water partition coefficient (Wildman–Crippen LogP) is 3.55. The van der Waals surface area contributed by atoms with Crippen molar-refractivity contribution < 1.29 is 19.7 Å². The zero-order valence-electron chi connectivity index (χ0n) is 15.8. The zero-order valence-corrected chi connectivity index (χ0v) is 16.6. The number of fused-ring (bicyclic) bond motifs is 2. The first kappa shape index (κ1) is 19.2. The Hall–Kier alpha value is -2.15. The lowest BCUT2D eigenvalue weighted by Gasteiger charge is -2.30. The van der Waals surface area contributed by atoms with Crippen molar-refractivity contribution in [3.63, 3.8) is 0 Å². The monoisotopic (exact) mass is 399 g/mol. The van der Waals surface area contributed by atoms with Crippen molar-refractivity contribution >= 4 is 22.9 Å². The Balaban J connectivity index is 1.73. The molecule has 0 bridgehead atoms. The van der Waals surface area contributed by atoms with Crippen molar-refractivity contribution in [2.45, 2.75) is 32.3 Å². The first-order valence-corrected chi connectivity index (χ1v) is 10.6. The van der Waals surface area contributed by atoms with E-state index in [1.165, 1.54) is 21.6 Å². The number of likely N-dealkylation sites (tertiary alicyclic amines) is 1. The summed E-state index contributed by atoms with van der Waals surface area (Å²) in [4.78, 5) is 14.9. The molecule has 2 aliphatic heterocycles. The second-order valence-electron chi connectivity index (χ2n) is 7.36. The van der Waals surface area contributed by atoms with Gasteiger partial charge in [0.2, 0.25) is 0 Å². The van der Waals surface area contributed by atoms with Crippen LogP contribution in [0, 0.1) is 0 Å². The Kier molecular flexibility index (Phi) is 5.80.